The molecule has 70 valence electrons. The zero-order valence-corrected chi connectivity index (χ0v) is 7.92. The summed E-state index contributed by atoms with van der Waals surface area (Å²) in [6.45, 7) is 7.50. The Balaban J connectivity index is 3.79. The van der Waals surface area contributed by atoms with E-state index in [0.717, 1.165) is 19.3 Å². The van der Waals surface area contributed by atoms with E-state index in [2.05, 4.69) is 6.58 Å². The van der Waals surface area contributed by atoms with Crippen molar-refractivity contribution in [2.75, 3.05) is 0 Å². The summed E-state index contributed by atoms with van der Waals surface area (Å²) in [5.74, 6) is -0.633. The smallest absolute Gasteiger partial charge is 0.306 e. The monoisotopic (exact) mass is 170 g/mol. The standard InChI is InChI=1S/C10H18O2/c1-4-5-6-7-9(8(2)3)10(11)12/h4,8-9H,1,5-7H2,2-3H3,(H,11,12). The second-order valence-electron chi connectivity index (χ2n) is 3.41. The highest BCUT2D eigenvalue weighted by Crippen LogP contribution is 2.18. The van der Waals surface area contributed by atoms with Crippen LogP contribution in [-0.2, 0) is 4.79 Å². The van der Waals surface area contributed by atoms with Crippen LogP contribution >= 0.6 is 0 Å². The van der Waals surface area contributed by atoms with Gasteiger partial charge in [0, 0.05) is 0 Å². The summed E-state index contributed by atoms with van der Waals surface area (Å²) in [5.41, 5.74) is 0. The molecule has 0 saturated carbocycles. The normalized spacial score (nSPS) is 12.9. The van der Waals surface area contributed by atoms with Gasteiger partial charge in [-0.1, -0.05) is 19.9 Å². The van der Waals surface area contributed by atoms with Gasteiger partial charge in [0.1, 0.15) is 0 Å². The zero-order chi connectivity index (χ0) is 9.56. The van der Waals surface area contributed by atoms with Crippen LogP contribution in [0.2, 0.25) is 0 Å². The Morgan fingerprint density at radius 3 is 2.50 bits per heavy atom. The first kappa shape index (κ1) is 11.2. The van der Waals surface area contributed by atoms with Crippen LogP contribution in [0.1, 0.15) is 33.1 Å². The summed E-state index contributed by atoms with van der Waals surface area (Å²) < 4.78 is 0. The van der Waals surface area contributed by atoms with Crippen molar-refractivity contribution in [2.45, 2.75) is 33.1 Å². The fourth-order valence-corrected chi connectivity index (χ4v) is 1.22. The molecular formula is C10H18O2. The molecule has 0 aliphatic carbocycles. The van der Waals surface area contributed by atoms with E-state index in [4.69, 9.17) is 5.11 Å². The van der Waals surface area contributed by atoms with Gasteiger partial charge in [0.25, 0.3) is 0 Å². The molecule has 0 rings (SSSR count). The van der Waals surface area contributed by atoms with E-state index >= 15 is 0 Å². The number of carboxylic acids is 1. The lowest BCUT2D eigenvalue weighted by Crippen LogP contribution is -2.19. The zero-order valence-electron chi connectivity index (χ0n) is 7.92. The van der Waals surface area contributed by atoms with Gasteiger partial charge < -0.3 is 5.11 Å². The predicted molar refractivity (Wildman–Crippen MR) is 50.0 cm³/mol. The SMILES string of the molecule is C=CCCCC(C(=O)O)C(C)C. The molecule has 0 bridgehead atoms. The van der Waals surface area contributed by atoms with Crippen LogP contribution in [0.3, 0.4) is 0 Å². The highest BCUT2D eigenvalue weighted by molar-refractivity contribution is 5.70. The van der Waals surface area contributed by atoms with Gasteiger partial charge in [-0.25, -0.2) is 0 Å². The summed E-state index contributed by atoms with van der Waals surface area (Å²) in [7, 11) is 0. The van der Waals surface area contributed by atoms with Gasteiger partial charge in [0.15, 0.2) is 0 Å². The third-order valence-electron chi connectivity index (χ3n) is 2.05. The fraction of sp³-hybridized carbons (Fsp3) is 0.700. The Labute approximate surface area is 74.3 Å². The summed E-state index contributed by atoms with van der Waals surface area (Å²) >= 11 is 0. The molecule has 0 aliphatic heterocycles. The number of aliphatic carboxylic acids is 1. The average molecular weight is 170 g/mol. The number of hydrogen-bond acceptors (Lipinski definition) is 1. The highest BCUT2D eigenvalue weighted by atomic mass is 16.4. The van der Waals surface area contributed by atoms with Crippen LogP contribution in [0.15, 0.2) is 12.7 Å². The largest absolute Gasteiger partial charge is 0.481 e. The first-order chi connectivity index (χ1) is 5.59. The number of allylic oxidation sites excluding steroid dienone is 1. The second-order valence-corrected chi connectivity index (χ2v) is 3.41. The molecule has 12 heavy (non-hydrogen) atoms. The summed E-state index contributed by atoms with van der Waals surface area (Å²) in [5, 5.41) is 8.82. The van der Waals surface area contributed by atoms with Crippen LogP contribution in [-0.4, -0.2) is 11.1 Å². The molecule has 0 fully saturated rings. The molecule has 0 aromatic heterocycles. The van der Waals surface area contributed by atoms with E-state index < -0.39 is 5.97 Å². The van der Waals surface area contributed by atoms with Crippen molar-refractivity contribution in [1.29, 1.82) is 0 Å². The lowest BCUT2D eigenvalue weighted by Gasteiger charge is -2.14. The molecule has 1 unspecified atom stereocenters. The summed E-state index contributed by atoms with van der Waals surface area (Å²) in [6, 6.07) is 0. The lowest BCUT2D eigenvalue weighted by molar-refractivity contribution is -0.143. The van der Waals surface area contributed by atoms with E-state index in [1.54, 1.807) is 0 Å². The Bertz CT molecular complexity index is 150. The maximum absolute atomic E-state index is 10.7. The van der Waals surface area contributed by atoms with Crippen molar-refractivity contribution in [3.8, 4) is 0 Å². The Morgan fingerprint density at radius 1 is 1.58 bits per heavy atom. The summed E-state index contributed by atoms with van der Waals surface area (Å²) in [6.07, 6.45) is 4.44. The van der Waals surface area contributed by atoms with Crippen LogP contribution in [0.25, 0.3) is 0 Å². The molecule has 2 nitrogen and oxygen atoms in total. The lowest BCUT2D eigenvalue weighted by atomic mass is 9.91. The molecule has 0 amide bonds. The number of hydrogen-bond donors (Lipinski definition) is 1. The molecule has 0 aromatic carbocycles. The van der Waals surface area contributed by atoms with Gasteiger partial charge in [-0.05, 0) is 25.2 Å². The van der Waals surface area contributed by atoms with Crippen molar-refractivity contribution in [3.63, 3.8) is 0 Å². The van der Waals surface area contributed by atoms with Crippen molar-refractivity contribution >= 4 is 5.97 Å². The molecule has 2 heteroatoms. The molecular weight excluding hydrogens is 152 g/mol. The first-order valence-corrected chi connectivity index (χ1v) is 4.43. The van der Waals surface area contributed by atoms with E-state index in [-0.39, 0.29) is 11.8 Å². The maximum Gasteiger partial charge on any atom is 0.306 e. The maximum atomic E-state index is 10.7. The van der Waals surface area contributed by atoms with Crippen molar-refractivity contribution in [1.82, 2.24) is 0 Å². The Morgan fingerprint density at radius 2 is 2.17 bits per heavy atom. The van der Waals surface area contributed by atoms with E-state index in [9.17, 15) is 4.79 Å². The quantitative estimate of drug-likeness (QED) is 0.491. The molecule has 0 saturated heterocycles. The van der Waals surface area contributed by atoms with E-state index in [0.29, 0.717) is 0 Å². The van der Waals surface area contributed by atoms with Gasteiger partial charge in [0.2, 0.25) is 0 Å². The molecule has 0 heterocycles. The van der Waals surface area contributed by atoms with E-state index in [1.165, 1.54) is 0 Å². The van der Waals surface area contributed by atoms with Gasteiger partial charge in [-0.3, -0.25) is 4.79 Å². The Kier molecular flexibility index (Phi) is 5.43. The van der Waals surface area contributed by atoms with Crippen LogP contribution in [0.5, 0.6) is 0 Å². The van der Waals surface area contributed by atoms with Gasteiger partial charge in [0.05, 0.1) is 5.92 Å². The van der Waals surface area contributed by atoms with Crippen LogP contribution < -0.4 is 0 Å². The minimum Gasteiger partial charge on any atom is -0.481 e. The third kappa shape index (κ3) is 4.16. The topological polar surface area (TPSA) is 37.3 Å². The molecule has 0 aromatic rings. The molecule has 1 N–H and O–H groups in total. The van der Waals surface area contributed by atoms with Gasteiger partial charge in [-0.2, -0.15) is 0 Å². The molecule has 0 radical (unpaired) electrons. The number of carbonyl (C=O) groups is 1. The van der Waals surface area contributed by atoms with E-state index in [1.807, 2.05) is 19.9 Å². The number of unbranched alkanes of at least 4 members (excludes halogenated alkanes) is 1. The molecule has 0 spiro atoms. The predicted octanol–water partition coefficient (Wildman–Crippen LogP) is 2.70. The van der Waals surface area contributed by atoms with Crippen molar-refractivity contribution in [2.24, 2.45) is 11.8 Å². The average Bonchev–Trinajstić information content (AvgIpc) is 1.96. The van der Waals surface area contributed by atoms with Crippen molar-refractivity contribution < 1.29 is 9.90 Å². The van der Waals surface area contributed by atoms with Gasteiger partial charge in [-0.15, -0.1) is 6.58 Å². The fourth-order valence-electron chi connectivity index (χ4n) is 1.22. The minimum atomic E-state index is -0.672. The Hall–Kier alpha value is -0.790. The minimum absolute atomic E-state index is 0.190. The third-order valence-corrected chi connectivity index (χ3v) is 2.05. The summed E-state index contributed by atoms with van der Waals surface area (Å²) in [4.78, 5) is 10.7. The number of carboxylic acid groups (broad SMARTS) is 1. The second kappa shape index (κ2) is 5.81. The first-order valence-electron chi connectivity index (χ1n) is 4.43. The van der Waals surface area contributed by atoms with Crippen LogP contribution in [0, 0.1) is 11.8 Å². The van der Waals surface area contributed by atoms with Gasteiger partial charge >= 0.3 is 5.97 Å². The molecule has 1 atom stereocenters. The van der Waals surface area contributed by atoms with Crippen LogP contribution in [0.4, 0.5) is 0 Å². The molecule has 0 aliphatic rings. The highest BCUT2D eigenvalue weighted by Gasteiger charge is 2.19. The number of rotatable bonds is 6. The van der Waals surface area contributed by atoms with Crippen molar-refractivity contribution in [3.05, 3.63) is 12.7 Å².